The van der Waals surface area contributed by atoms with Gasteiger partial charge in [-0.3, -0.25) is 4.79 Å². The second-order valence-electron chi connectivity index (χ2n) is 4.53. The van der Waals surface area contributed by atoms with E-state index in [0.717, 1.165) is 18.3 Å². The smallest absolute Gasteiger partial charge is 0.304 e. The zero-order valence-corrected chi connectivity index (χ0v) is 8.86. The normalized spacial score (nSPS) is 37.1. The number of hydrogen-bond acceptors (Lipinski definition) is 3. The van der Waals surface area contributed by atoms with E-state index < -0.39 is 0 Å². The minimum atomic E-state index is -0.378. The molecule has 14 heavy (non-hydrogen) atoms. The molecule has 0 aromatic rings. The Hall–Kier alpha value is -0.570. The first-order valence-corrected chi connectivity index (χ1v) is 5.48. The van der Waals surface area contributed by atoms with E-state index in [9.17, 15) is 4.79 Å². The Morgan fingerprint density at radius 3 is 2.64 bits per heavy atom. The molecule has 2 fully saturated rings. The maximum Gasteiger partial charge on any atom is 0.304 e. The number of ether oxygens (including phenoxy) is 2. The van der Waals surface area contributed by atoms with Gasteiger partial charge in [-0.1, -0.05) is 0 Å². The summed E-state index contributed by atoms with van der Waals surface area (Å²) in [5.41, 5.74) is 0. The second-order valence-corrected chi connectivity index (χ2v) is 4.53. The van der Waals surface area contributed by atoms with Crippen molar-refractivity contribution in [1.29, 1.82) is 0 Å². The Bertz CT molecular complexity index is 227. The molecule has 3 nitrogen and oxygen atoms in total. The SMILES string of the molecule is CC(=O)OC(C)OC1CC2CCC1C2. The van der Waals surface area contributed by atoms with Gasteiger partial charge in [0, 0.05) is 6.92 Å². The topological polar surface area (TPSA) is 35.5 Å². The molecule has 4 unspecified atom stereocenters. The van der Waals surface area contributed by atoms with E-state index in [-0.39, 0.29) is 12.3 Å². The molecular weight excluding hydrogens is 180 g/mol. The van der Waals surface area contributed by atoms with E-state index in [2.05, 4.69) is 0 Å². The number of esters is 1. The van der Waals surface area contributed by atoms with Crippen LogP contribution in [0.2, 0.25) is 0 Å². The first kappa shape index (κ1) is 9.97. The first-order valence-electron chi connectivity index (χ1n) is 5.48. The highest BCUT2D eigenvalue weighted by atomic mass is 16.7. The van der Waals surface area contributed by atoms with Crippen molar-refractivity contribution in [3.05, 3.63) is 0 Å². The van der Waals surface area contributed by atoms with Crippen LogP contribution in [0.4, 0.5) is 0 Å². The summed E-state index contributed by atoms with van der Waals surface area (Å²) in [4.78, 5) is 10.7. The molecule has 2 bridgehead atoms. The van der Waals surface area contributed by atoms with Crippen LogP contribution in [0.25, 0.3) is 0 Å². The summed E-state index contributed by atoms with van der Waals surface area (Å²) in [7, 11) is 0. The van der Waals surface area contributed by atoms with Gasteiger partial charge in [-0.15, -0.1) is 0 Å². The summed E-state index contributed by atoms with van der Waals surface area (Å²) in [6.45, 7) is 3.22. The molecule has 0 N–H and O–H groups in total. The van der Waals surface area contributed by atoms with Crippen LogP contribution < -0.4 is 0 Å². The van der Waals surface area contributed by atoms with E-state index in [4.69, 9.17) is 9.47 Å². The van der Waals surface area contributed by atoms with Crippen LogP contribution in [0.5, 0.6) is 0 Å². The van der Waals surface area contributed by atoms with Crippen LogP contribution in [-0.4, -0.2) is 18.4 Å². The summed E-state index contributed by atoms with van der Waals surface area (Å²) in [6, 6.07) is 0. The molecule has 2 aliphatic rings. The van der Waals surface area contributed by atoms with E-state index in [0.29, 0.717) is 6.10 Å². The van der Waals surface area contributed by atoms with Gasteiger partial charge in [-0.2, -0.15) is 0 Å². The molecule has 0 heterocycles. The Morgan fingerprint density at radius 1 is 1.36 bits per heavy atom. The van der Waals surface area contributed by atoms with Crippen molar-refractivity contribution in [2.45, 2.75) is 51.9 Å². The van der Waals surface area contributed by atoms with E-state index in [1.807, 2.05) is 0 Å². The molecule has 4 atom stereocenters. The third-order valence-corrected chi connectivity index (χ3v) is 3.37. The van der Waals surface area contributed by atoms with Gasteiger partial charge in [-0.05, 0) is 44.4 Å². The average Bonchev–Trinajstić information content (AvgIpc) is 2.62. The summed E-state index contributed by atoms with van der Waals surface area (Å²) in [5.74, 6) is 1.33. The number of rotatable bonds is 3. The molecular formula is C11H18O3. The van der Waals surface area contributed by atoms with Gasteiger partial charge in [0.15, 0.2) is 6.29 Å². The van der Waals surface area contributed by atoms with Crippen LogP contribution in [0.1, 0.15) is 39.5 Å². The van der Waals surface area contributed by atoms with E-state index in [1.54, 1.807) is 6.92 Å². The second kappa shape index (κ2) is 3.89. The first-order chi connectivity index (χ1) is 6.65. The molecule has 0 amide bonds. The third kappa shape index (κ3) is 2.08. The van der Waals surface area contributed by atoms with Crippen molar-refractivity contribution in [3.63, 3.8) is 0 Å². The van der Waals surface area contributed by atoms with Crippen LogP contribution in [0.15, 0.2) is 0 Å². The van der Waals surface area contributed by atoms with E-state index >= 15 is 0 Å². The van der Waals surface area contributed by atoms with Crippen LogP contribution in [-0.2, 0) is 14.3 Å². The Balaban J connectivity index is 1.78. The van der Waals surface area contributed by atoms with Crippen LogP contribution >= 0.6 is 0 Å². The van der Waals surface area contributed by atoms with Crippen molar-refractivity contribution < 1.29 is 14.3 Å². The highest BCUT2D eigenvalue weighted by Gasteiger charge is 2.41. The molecule has 3 heteroatoms. The van der Waals surface area contributed by atoms with Gasteiger partial charge < -0.3 is 9.47 Å². The highest BCUT2D eigenvalue weighted by Crippen LogP contribution is 2.46. The van der Waals surface area contributed by atoms with Gasteiger partial charge in [0.2, 0.25) is 0 Å². The monoisotopic (exact) mass is 198 g/mol. The quantitative estimate of drug-likeness (QED) is 0.514. The molecule has 0 aromatic carbocycles. The van der Waals surface area contributed by atoms with Crippen molar-refractivity contribution in [2.24, 2.45) is 11.8 Å². The summed E-state index contributed by atoms with van der Waals surface area (Å²) < 4.78 is 10.7. The van der Waals surface area contributed by atoms with Crippen LogP contribution in [0.3, 0.4) is 0 Å². The minimum Gasteiger partial charge on any atom is -0.436 e. The van der Waals surface area contributed by atoms with Crippen molar-refractivity contribution >= 4 is 5.97 Å². The highest BCUT2D eigenvalue weighted by molar-refractivity contribution is 5.65. The lowest BCUT2D eigenvalue weighted by molar-refractivity contribution is -0.187. The predicted octanol–water partition coefficient (Wildman–Crippen LogP) is 2.10. The Morgan fingerprint density at radius 2 is 2.14 bits per heavy atom. The lowest BCUT2D eigenvalue weighted by atomic mass is 9.98. The van der Waals surface area contributed by atoms with Gasteiger partial charge in [0.05, 0.1) is 6.10 Å². The Kier molecular flexibility index (Phi) is 2.77. The van der Waals surface area contributed by atoms with Crippen LogP contribution in [0, 0.1) is 11.8 Å². The lowest BCUT2D eigenvalue weighted by Gasteiger charge is -2.25. The number of hydrogen-bond donors (Lipinski definition) is 0. The summed E-state index contributed by atoms with van der Waals surface area (Å²) in [6.07, 6.45) is 5.10. The standard InChI is InChI=1S/C11H18O3/c1-7(12)13-8(2)14-11-6-9-3-4-10(11)5-9/h8-11H,3-6H2,1-2H3. The predicted molar refractivity (Wildman–Crippen MR) is 51.5 cm³/mol. The zero-order valence-electron chi connectivity index (χ0n) is 8.86. The van der Waals surface area contributed by atoms with Gasteiger partial charge in [0.1, 0.15) is 0 Å². The summed E-state index contributed by atoms with van der Waals surface area (Å²) >= 11 is 0. The molecule has 0 saturated heterocycles. The molecule has 0 aromatic heterocycles. The van der Waals surface area contributed by atoms with Crippen molar-refractivity contribution in [1.82, 2.24) is 0 Å². The molecule has 80 valence electrons. The van der Waals surface area contributed by atoms with Crippen molar-refractivity contribution in [3.8, 4) is 0 Å². The maximum atomic E-state index is 10.7. The fourth-order valence-corrected chi connectivity index (χ4v) is 2.86. The van der Waals surface area contributed by atoms with Gasteiger partial charge in [0.25, 0.3) is 0 Å². The largest absolute Gasteiger partial charge is 0.436 e. The number of fused-ring (bicyclic) bond motifs is 2. The molecule has 0 radical (unpaired) electrons. The van der Waals surface area contributed by atoms with Gasteiger partial charge in [-0.25, -0.2) is 0 Å². The maximum absolute atomic E-state index is 10.7. The molecule has 0 spiro atoms. The van der Waals surface area contributed by atoms with Gasteiger partial charge >= 0.3 is 5.97 Å². The molecule has 2 rings (SSSR count). The molecule has 2 saturated carbocycles. The minimum absolute atomic E-state index is 0.263. The van der Waals surface area contributed by atoms with E-state index in [1.165, 1.54) is 26.2 Å². The number of carbonyl (C=O) groups excluding carboxylic acids is 1. The zero-order chi connectivity index (χ0) is 10.1. The third-order valence-electron chi connectivity index (χ3n) is 3.37. The molecule has 0 aliphatic heterocycles. The fourth-order valence-electron chi connectivity index (χ4n) is 2.86. The fraction of sp³-hybridized carbons (Fsp3) is 0.909. The molecule has 2 aliphatic carbocycles. The average molecular weight is 198 g/mol. The lowest BCUT2D eigenvalue weighted by Crippen LogP contribution is -2.27. The summed E-state index contributed by atoms with van der Waals surface area (Å²) in [5, 5.41) is 0. The number of carbonyl (C=O) groups is 1. The Labute approximate surface area is 84.8 Å². The van der Waals surface area contributed by atoms with Crippen molar-refractivity contribution in [2.75, 3.05) is 0 Å².